The van der Waals surface area contributed by atoms with E-state index in [1.165, 1.54) is 60.1 Å². The second kappa shape index (κ2) is 16.5. The van der Waals surface area contributed by atoms with E-state index in [0.29, 0.717) is 17.6 Å². The average Bonchev–Trinajstić information content (AvgIpc) is 3.94. The molecule has 0 atom stereocenters. The van der Waals surface area contributed by atoms with Gasteiger partial charge in [0, 0.05) is 38.4 Å². The molecule has 0 unspecified atom stereocenters. The molecule has 0 bridgehead atoms. The lowest BCUT2D eigenvalue weighted by Crippen LogP contribution is -2.74. The molecule has 0 saturated carbocycles. The molecule has 6 heteroatoms. The Morgan fingerprint density at radius 2 is 0.775 bits per heavy atom. The topological polar surface area (TPSA) is 48.5 Å². The molecule has 13 rings (SSSR count). The van der Waals surface area contributed by atoms with E-state index in [1.54, 1.807) is 0 Å². The standard InChI is InChI=1S/C65H53N5Si/c1-64(2)38-39-65(3,4)56-43-60-54(42-55(56)64)53-34-16-17-35-57(53)69(60)46-24-20-22-44(40-46)61-66-62(68-63(67-61)70-58-36-18-14-32-51(58)52-33-15-19-37-59(52)70)45-23-21-31-50(41-45)71(47-25-8-5-9-26-47,48-27-10-6-11-28-48)49-29-12-7-13-30-49/h5-37,40-43H,38-39H2,1-4H3. The summed E-state index contributed by atoms with van der Waals surface area (Å²) < 4.78 is 4.66. The fourth-order valence-corrected chi connectivity index (χ4v) is 16.7. The first-order valence-electron chi connectivity index (χ1n) is 24.9. The number of fused-ring (bicyclic) bond motifs is 7. The highest BCUT2D eigenvalue weighted by atomic mass is 28.3. The zero-order chi connectivity index (χ0) is 47.9. The van der Waals surface area contributed by atoms with Gasteiger partial charge in [-0.3, -0.25) is 4.57 Å². The second-order valence-electron chi connectivity index (χ2n) is 20.7. The minimum absolute atomic E-state index is 0.0649. The number of aromatic nitrogens is 5. The van der Waals surface area contributed by atoms with E-state index >= 15 is 0 Å². The van der Waals surface area contributed by atoms with Crippen LogP contribution in [0.2, 0.25) is 0 Å². The fraction of sp³-hybridized carbons (Fsp3) is 0.123. The van der Waals surface area contributed by atoms with E-state index < -0.39 is 8.07 Å². The summed E-state index contributed by atoms with van der Waals surface area (Å²) in [6.45, 7) is 9.65. The lowest BCUT2D eigenvalue weighted by Gasteiger charge is -2.42. The predicted molar refractivity (Wildman–Crippen MR) is 298 cm³/mol. The molecule has 0 amide bonds. The molecule has 5 nitrogen and oxygen atoms in total. The normalized spacial score (nSPS) is 14.3. The molecule has 0 spiro atoms. The minimum atomic E-state index is -2.87. The van der Waals surface area contributed by atoms with E-state index in [1.807, 2.05) is 0 Å². The third kappa shape index (κ3) is 6.84. The summed E-state index contributed by atoms with van der Waals surface area (Å²) in [7, 11) is -2.87. The van der Waals surface area contributed by atoms with Crippen LogP contribution < -0.4 is 20.7 Å². The molecule has 12 aromatic rings. The van der Waals surface area contributed by atoms with Gasteiger partial charge in [-0.2, -0.15) is 9.97 Å². The van der Waals surface area contributed by atoms with Crippen molar-refractivity contribution >= 4 is 72.4 Å². The minimum Gasteiger partial charge on any atom is -0.309 e. The van der Waals surface area contributed by atoms with Gasteiger partial charge < -0.3 is 4.57 Å². The number of nitrogens with zero attached hydrogens (tertiary/aromatic N) is 5. The molecule has 0 saturated heterocycles. The number of hydrogen-bond donors (Lipinski definition) is 0. The number of benzene rings is 9. The van der Waals surface area contributed by atoms with Gasteiger partial charge in [0.15, 0.2) is 19.7 Å². The molecule has 0 N–H and O–H groups in total. The van der Waals surface area contributed by atoms with Gasteiger partial charge in [0.25, 0.3) is 0 Å². The van der Waals surface area contributed by atoms with E-state index in [2.05, 4.69) is 261 Å². The van der Waals surface area contributed by atoms with Gasteiger partial charge in [0.1, 0.15) is 0 Å². The average molecular weight is 932 g/mol. The van der Waals surface area contributed by atoms with Gasteiger partial charge >= 0.3 is 0 Å². The molecule has 0 fully saturated rings. The maximum Gasteiger partial charge on any atom is 0.238 e. The summed E-state index contributed by atoms with van der Waals surface area (Å²) in [5, 5.41) is 10.0. The molecule has 1 aliphatic rings. The van der Waals surface area contributed by atoms with E-state index in [9.17, 15) is 0 Å². The summed E-state index contributed by atoms with van der Waals surface area (Å²) in [6.07, 6.45) is 2.32. The molecule has 3 heterocycles. The van der Waals surface area contributed by atoms with Crippen molar-refractivity contribution in [1.82, 2.24) is 24.1 Å². The van der Waals surface area contributed by atoms with Crippen molar-refractivity contribution < 1.29 is 0 Å². The van der Waals surface area contributed by atoms with Crippen LogP contribution in [0.1, 0.15) is 51.7 Å². The Hall–Kier alpha value is -8.19. The van der Waals surface area contributed by atoms with Crippen LogP contribution >= 0.6 is 0 Å². The van der Waals surface area contributed by atoms with Gasteiger partial charge in [0.2, 0.25) is 5.95 Å². The zero-order valence-corrected chi connectivity index (χ0v) is 41.5. The molecule has 0 radical (unpaired) electrons. The highest BCUT2D eigenvalue weighted by Gasteiger charge is 2.42. The number of hydrogen-bond acceptors (Lipinski definition) is 3. The SMILES string of the molecule is CC1(C)CCC(C)(C)c2cc3c(cc21)c1ccccc1n3-c1cccc(-c2nc(-c3cccc([Si](c4ccccc4)(c4ccccc4)c4ccccc4)c3)nc(-n3c4ccccc4c4ccccc43)n2)c1. The monoisotopic (exact) mass is 931 g/mol. The Balaban J connectivity index is 1.05. The van der Waals surface area contributed by atoms with Crippen molar-refractivity contribution in [3.8, 4) is 34.4 Å². The van der Waals surface area contributed by atoms with Crippen LogP contribution in [0.3, 0.4) is 0 Å². The fourth-order valence-electron chi connectivity index (χ4n) is 11.9. The summed E-state index contributed by atoms with van der Waals surface area (Å²) in [5.41, 5.74) is 10.5. The lowest BCUT2D eigenvalue weighted by molar-refractivity contribution is 0.332. The number of rotatable bonds is 8. The van der Waals surface area contributed by atoms with E-state index in [-0.39, 0.29) is 10.8 Å². The Morgan fingerprint density at radius 3 is 1.31 bits per heavy atom. The molecule has 1 aliphatic carbocycles. The van der Waals surface area contributed by atoms with Crippen molar-refractivity contribution in [2.24, 2.45) is 0 Å². The maximum atomic E-state index is 5.50. The number of para-hydroxylation sites is 3. The van der Waals surface area contributed by atoms with E-state index in [4.69, 9.17) is 15.0 Å². The molecule has 3 aromatic heterocycles. The van der Waals surface area contributed by atoms with Crippen LogP contribution in [0, 0.1) is 0 Å². The van der Waals surface area contributed by atoms with Gasteiger partial charge in [-0.05, 0) is 98.0 Å². The van der Waals surface area contributed by atoms with Crippen molar-refractivity contribution in [3.05, 3.63) is 236 Å². The molecule has 71 heavy (non-hydrogen) atoms. The Bertz CT molecular complexity index is 3850. The largest absolute Gasteiger partial charge is 0.309 e. The Kier molecular flexibility index (Phi) is 9.94. The van der Waals surface area contributed by atoms with Crippen LogP contribution in [0.25, 0.3) is 78.0 Å². The molecular weight excluding hydrogens is 879 g/mol. The van der Waals surface area contributed by atoms with E-state index in [0.717, 1.165) is 45.0 Å². The van der Waals surface area contributed by atoms with Crippen LogP contribution in [-0.4, -0.2) is 32.2 Å². The molecule has 0 aliphatic heterocycles. The molecule has 9 aromatic carbocycles. The molecule has 342 valence electrons. The third-order valence-electron chi connectivity index (χ3n) is 15.6. The Morgan fingerprint density at radius 1 is 0.352 bits per heavy atom. The van der Waals surface area contributed by atoms with Crippen LogP contribution in [-0.2, 0) is 10.8 Å². The Labute approximate surface area is 415 Å². The first-order chi connectivity index (χ1) is 34.7. The highest BCUT2D eigenvalue weighted by molar-refractivity contribution is 7.19. The summed E-state index contributed by atoms with van der Waals surface area (Å²) in [5.74, 6) is 1.80. The second-order valence-corrected chi connectivity index (χ2v) is 24.5. The maximum absolute atomic E-state index is 5.50. The first-order valence-corrected chi connectivity index (χ1v) is 26.9. The van der Waals surface area contributed by atoms with Gasteiger partial charge in [0.05, 0.1) is 22.1 Å². The van der Waals surface area contributed by atoms with Crippen molar-refractivity contribution in [3.63, 3.8) is 0 Å². The van der Waals surface area contributed by atoms with Crippen molar-refractivity contribution in [2.45, 2.75) is 51.4 Å². The zero-order valence-electron chi connectivity index (χ0n) is 40.5. The lowest BCUT2D eigenvalue weighted by atomic mass is 9.63. The smallest absolute Gasteiger partial charge is 0.238 e. The van der Waals surface area contributed by atoms with Crippen molar-refractivity contribution in [2.75, 3.05) is 0 Å². The van der Waals surface area contributed by atoms with Gasteiger partial charge in [-0.25, -0.2) is 4.98 Å². The van der Waals surface area contributed by atoms with Gasteiger partial charge in [-0.1, -0.05) is 210 Å². The quantitative estimate of drug-likeness (QED) is 0.113. The highest BCUT2D eigenvalue weighted by Crippen LogP contribution is 2.48. The van der Waals surface area contributed by atoms with Crippen LogP contribution in [0.4, 0.5) is 0 Å². The third-order valence-corrected chi connectivity index (χ3v) is 20.4. The van der Waals surface area contributed by atoms with Crippen molar-refractivity contribution in [1.29, 1.82) is 0 Å². The molecular formula is C65H53N5Si. The summed E-state index contributed by atoms with van der Waals surface area (Å²) in [6, 6.07) is 82.0. The first kappa shape index (κ1) is 42.9. The van der Waals surface area contributed by atoms with Crippen LogP contribution in [0.15, 0.2) is 224 Å². The summed E-state index contributed by atoms with van der Waals surface area (Å²) >= 11 is 0. The van der Waals surface area contributed by atoms with Crippen LogP contribution in [0.5, 0.6) is 0 Å². The summed E-state index contributed by atoms with van der Waals surface area (Å²) in [4.78, 5) is 16.4. The predicted octanol–water partition coefficient (Wildman–Crippen LogP) is 13.1. The van der Waals surface area contributed by atoms with Gasteiger partial charge in [-0.15, -0.1) is 0 Å².